The van der Waals surface area contributed by atoms with Crippen molar-refractivity contribution in [1.82, 2.24) is 24.6 Å². The van der Waals surface area contributed by atoms with Crippen LogP contribution in [0.5, 0.6) is 5.75 Å². The van der Waals surface area contributed by atoms with Crippen molar-refractivity contribution in [3.63, 3.8) is 0 Å². The number of amides is 1. The molecular formula is C20H27N5O2. The number of piperidine rings is 1. The number of fused-ring (bicyclic) bond motifs is 1. The number of nitrogens with zero attached hydrogens (tertiary/aromatic N) is 5. The second kappa shape index (κ2) is 7.68. The lowest BCUT2D eigenvalue weighted by atomic mass is 9.99. The minimum absolute atomic E-state index is 0.0292. The van der Waals surface area contributed by atoms with Crippen LogP contribution in [0, 0.1) is 0 Å². The van der Waals surface area contributed by atoms with Crippen molar-refractivity contribution in [3.05, 3.63) is 41.5 Å². The zero-order valence-electron chi connectivity index (χ0n) is 16.1. The van der Waals surface area contributed by atoms with Gasteiger partial charge in [0, 0.05) is 19.6 Å². The first kappa shape index (κ1) is 18.0. The molecule has 2 aliphatic rings. The van der Waals surface area contributed by atoms with Crippen LogP contribution in [0.1, 0.15) is 42.5 Å². The zero-order chi connectivity index (χ0) is 18.8. The second-order valence-electron chi connectivity index (χ2n) is 7.49. The maximum Gasteiger partial charge on any atom is 0.227 e. The van der Waals surface area contributed by atoms with Gasteiger partial charge in [-0.25, -0.2) is 0 Å². The Labute approximate surface area is 159 Å². The lowest BCUT2D eigenvalue weighted by Gasteiger charge is -2.36. The predicted molar refractivity (Wildman–Crippen MR) is 101 cm³/mol. The first-order chi connectivity index (χ1) is 13.2. The Balaban J connectivity index is 1.55. The first-order valence-electron chi connectivity index (χ1n) is 9.68. The van der Waals surface area contributed by atoms with Crippen molar-refractivity contribution < 1.29 is 9.53 Å². The van der Waals surface area contributed by atoms with Gasteiger partial charge in [0.1, 0.15) is 11.6 Å². The Hall–Kier alpha value is -2.41. The molecule has 3 heterocycles. The summed E-state index contributed by atoms with van der Waals surface area (Å²) in [5.41, 5.74) is 0.980. The standard InChI is InChI=1S/C20H27N5O2/c1-23-10-11-25-18(14-23)21-22-20(25)17-8-3-4-9-24(17)19(26)13-15-6-5-7-16(12-15)27-2/h5-7,12,17H,3-4,8-11,13-14H2,1-2H3. The smallest absolute Gasteiger partial charge is 0.227 e. The Morgan fingerprint density at radius 2 is 2.11 bits per heavy atom. The molecule has 1 saturated heterocycles. The summed E-state index contributed by atoms with van der Waals surface area (Å²) < 4.78 is 7.51. The van der Waals surface area contributed by atoms with Gasteiger partial charge >= 0.3 is 0 Å². The van der Waals surface area contributed by atoms with Crippen LogP contribution in [0.25, 0.3) is 0 Å². The SMILES string of the molecule is COc1cccc(CC(=O)N2CCCCC2c2nnc3n2CCN(C)C3)c1. The van der Waals surface area contributed by atoms with Gasteiger partial charge in [-0.3, -0.25) is 9.69 Å². The molecule has 0 N–H and O–H groups in total. The number of aromatic nitrogens is 3. The third kappa shape index (κ3) is 3.69. The molecule has 1 fully saturated rings. The van der Waals surface area contributed by atoms with Gasteiger partial charge in [0.25, 0.3) is 0 Å². The van der Waals surface area contributed by atoms with Gasteiger partial charge in [0.15, 0.2) is 5.82 Å². The Kier molecular flexibility index (Phi) is 5.11. The van der Waals surface area contributed by atoms with Gasteiger partial charge in [-0.1, -0.05) is 12.1 Å². The maximum atomic E-state index is 13.1. The molecule has 0 spiro atoms. The number of rotatable bonds is 4. The van der Waals surface area contributed by atoms with Gasteiger partial charge in [-0.05, 0) is 44.0 Å². The predicted octanol–water partition coefficient (Wildman–Crippen LogP) is 2.03. The molecule has 1 unspecified atom stereocenters. The molecule has 0 aliphatic carbocycles. The summed E-state index contributed by atoms with van der Waals surface area (Å²) in [7, 11) is 3.75. The summed E-state index contributed by atoms with van der Waals surface area (Å²) in [4.78, 5) is 17.4. The van der Waals surface area contributed by atoms with E-state index in [0.717, 1.165) is 68.4 Å². The fourth-order valence-corrected chi connectivity index (χ4v) is 4.10. The van der Waals surface area contributed by atoms with Crippen LogP contribution in [-0.4, -0.2) is 57.7 Å². The van der Waals surface area contributed by atoms with Crippen molar-refractivity contribution in [1.29, 1.82) is 0 Å². The number of carbonyl (C=O) groups is 1. The molecule has 0 bridgehead atoms. The van der Waals surface area contributed by atoms with Crippen LogP contribution in [0.2, 0.25) is 0 Å². The minimum Gasteiger partial charge on any atom is -0.497 e. The number of carbonyl (C=O) groups excluding carboxylic acids is 1. The molecule has 4 rings (SSSR count). The quantitative estimate of drug-likeness (QED) is 0.825. The number of likely N-dealkylation sites (tertiary alicyclic amines) is 1. The molecule has 1 aromatic heterocycles. The third-order valence-electron chi connectivity index (χ3n) is 5.58. The molecule has 0 radical (unpaired) electrons. The Morgan fingerprint density at radius 3 is 2.96 bits per heavy atom. The van der Waals surface area contributed by atoms with Crippen molar-refractivity contribution in [2.24, 2.45) is 0 Å². The lowest BCUT2D eigenvalue weighted by molar-refractivity contribution is -0.134. The van der Waals surface area contributed by atoms with Gasteiger partial charge in [0.05, 0.1) is 26.1 Å². The van der Waals surface area contributed by atoms with Gasteiger partial charge < -0.3 is 14.2 Å². The van der Waals surface area contributed by atoms with E-state index in [2.05, 4.69) is 26.7 Å². The Bertz CT molecular complexity index is 818. The Morgan fingerprint density at radius 1 is 1.22 bits per heavy atom. The molecular weight excluding hydrogens is 342 g/mol. The van der Waals surface area contributed by atoms with E-state index in [1.165, 1.54) is 0 Å². The van der Waals surface area contributed by atoms with Crippen molar-refractivity contribution in [2.75, 3.05) is 27.2 Å². The topological polar surface area (TPSA) is 63.5 Å². The third-order valence-corrected chi connectivity index (χ3v) is 5.58. The van der Waals surface area contributed by atoms with Gasteiger partial charge in [-0.15, -0.1) is 10.2 Å². The monoisotopic (exact) mass is 369 g/mol. The van der Waals surface area contributed by atoms with Crippen LogP contribution in [0.3, 0.4) is 0 Å². The van der Waals surface area contributed by atoms with E-state index in [4.69, 9.17) is 4.74 Å². The zero-order valence-corrected chi connectivity index (χ0v) is 16.1. The molecule has 27 heavy (non-hydrogen) atoms. The number of benzene rings is 1. The number of hydrogen-bond acceptors (Lipinski definition) is 5. The van der Waals surface area contributed by atoms with Crippen LogP contribution < -0.4 is 4.74 Å². The van der Waals surface area contributed by atoms with E-state index in [0.29, 0.717) is 6.42 Å². The van der Waals surface area contributed by atoms with Gasteiger partial charge in [-0.2, -0.15) is 0 Å². The summed E-state index contributed by atoms with van der Waals surface area (Å²) in [5, 5.41) is 8.89. The maximum absolute atomic E-state index is 13.1. The number of ether oxygens (including phenoxy) is 1. The summed E-state index contributed by atoms with van der Waals surface area (Å²) in [5.74, 6) is 2.89. The molecule has 1 aromatic carbocycles. The molecule has 1 atom stereocenters. The highest BCUT2D eigenvalue weighted by molar-refractivity contribution is 5.79. The van der Waals surface area contributed by atoms with Crippen LogP contribution in [0.4, 0.5) is 0 Å². The highest BCUT2D eigenvalue weighted by atomic mass is 16.5. The van der Waals surface area contributed by atoms with E-state index in [-0.39, 0.29) is 11.9 Å². The number of hydrogen-bond donors (Lipinski definition) is 0. The summed E-state index contributed by atoms with van der Waals surface area (Å²) >= 11 is 0. The molecule has 2 aliphatic heterocycles. The first-order valence-corrected chi connectivity index (χ1v) is 9.68. The van der Waals surface area contributed by atoms with Crippen LogP contribution in [-0.2, 0) is 24.3 Å². The average Bonchev–Trinajstić information content (AvgIpc) is 3.11. The molecule has 7 heteroatoms. The van der Waals surface area contributed by atoms with Crippen molar-refractivity contribution in [3.8, 4) is 5.75 Å². The summed E-state index contributed by atoms with van der Waals surface area (Å²) in [6.07, 6.45) is 3.51. The van der Waals surface area contributed by atoms with Crippen molar-refractivity contribution >= 4 is 5.91 Å². The molecule has 2 aromatic rings. The summed E-state index contributed by atoms with van der Waals surface area (Å²) in [6, 6.07) is 7.78. The molecule has 0 saturated carbocycles. The fraction of sp³-hybridized carbons (Fsp3) is 0.550. The van der Waals surface area contributed by atoms with Crippen LogP contribution in [0.15, 0.2) is 24.3 Å². The minimum atomic E-state index is 0.0292. The largest absolute Gasteiger partial charge is 0.497 e. The highest BCUT2D eigenvalue weighted by Gasteiger charge is 2.33. The van der Waals surface area contributed by atoms with E-state index in [1.807, 2.05) is 29.2 Å². The fourth-order valence-electron chi connectivity index (χ4n) is 4.10. The van der Waals surface area contributed by atoms with Crippen LogP contribution >= 0.6 is 0 Å². The normalized spacial score (nSPS) is 20.4. The van der Waals surface area contributed by atoms with Gasteiger partial charge in [0.2, 0.25) is 5.91 Å². The molecule has 144 valence electrons. The van der Waals surface area contributed by atoms with E-state index < -0.39 is 0 Å². The average molecular weight is 369 g/mol. The number of likely N-dealkylation sites (N-methyl/N-ethyl adjacent to an activating group) is 1. The summed E-state index contributed by atoms with van der Waals surface area (Å²) in [6.45, 7) is 3.48. The molecule has 7 nitrogen and oxygen atoms in total. The lowest BCUT2D eigenvalue weighted by Crippen LogP contribution is -2.41. The van der Waals surface area contributed by atoms with E-state index >= 15 is 0 Å². The highest BCUT2D eigenvalue weighted by Crippen LogP contribution is 2.31. The van der Waals surface area contributed by atoms with E-state index in [9.17, 15) is 4.79 Å². The van der Waals surface area contributed by atoms with Crippen molar-refractivity contribution in [2.45, 2.75) is 44.8 Å². The van der Waals surface area contributed by atoms with E-state index in [1.54, 1.807) is 7.11 Å². The number of methoxy groups -OCH3 is 1. The second-order valence-corrected chi connectivity index (χ2v) is 7.49. The molecule has 1 amide bonds.